The molecule has 0 unspecified atom stereocenters. The van der Waals surface area contributed by atoms with Crippen LogP contribution >= 0.6 is 0 Å². The van der Waals surface area contributed by atoms with E-state index >= 15 is 0 Å². The van der Waals surface area contributed by atoms with Crippen molar-refractivity contribution in [1.29, 1.82) is 5.41 Å². The molecule has 0 rings (SSSR count). The van der Waals surface area contributed by atoms with Gasteiger partial charge in [0.15, 0.2) is 0 Å². The van der Waals surface area contributed by atoms with E-state index in [9.17, 15) is 0 Å². The largest absolute Gasteiger partial charge is 0.506 e. The summed E-state index contributed by atoms with van der Waals surface area (Å²) in [5, 5.41) is 15.8. The fourth-order valence-corrected chi connectivity index (χ4v) is 0.372. The summed E-state index contributed by atoms with van der Waals surface area (Å²) in [5.41, 5.74) is 0.847. The third-order valence-electron chi connectivity index (χ3n) is 1.12. The molecule has 0 aromatic heterocycles. The van der Waals surface area contributed by atoms with Crippen LogP contribution < -0.4 is 0 Å². The van der Waals surface area contributed by atoms with Crippen LogP contribution in [0.25, 0.3) is 0 Å². The Kier molecular flexibility index (Phi) is 2.71. The van der Waals surface area contributed by atoms with Gasteiger partial charge < -0.3 is 5.11 Å². The third kappa shape index (κ3) is 2.13. The minimum Gasteiger partial charge on any atom is -0.506 e. The highest BCUT2D eigenvalue weighted by Gasteiger charge is 1.99. The van der Waals surface area contributed by atoms with Crippen molar-refractivity contribution in [3.05, 3.63) is 24.0 Å². The Labute approximate surface area is 55.0 Å². The molecule has 0 fully saturated rings. The Hall–Kier alpha value is -1.05. The molecule has 0 atom stereocenters. The van der Waals surface area contributed by atoms with Gasteiger partial charge in [0.25, 0.3) is 0 Å². The molecule has 2 heteroatoms. The minimum atomic E-state index is -0.175. The lowest BCUT2D eigenvalue weighted by Crippen LogP contribution is -1.99. The molecule has 0 saturated carbocycles. The maximum atomic E-state index is 8.66. The van der Waals surface area contributed by atoms with Gasteiger partial charge in [0.05, 0.1) is 5.71 Å². The van der Waals surface area contributed by atoms with E-state index in [1.165, 1.54) is 0 Å². The molecule has 50 valence electrons. The zero-order valence-electron chi connectivity index (χ0n) is 5.73. The molecule has 0 aromatic rings. The summed E-state index contributed by atoms with van der Waals surface area (Å²) in [4.78, 5) is 0. The minimum absolute atomic E-state index is 0.109. The average Bonchev–Trinajstić information content (AvgIpc) is 1.84. The molecule has 0 aromatic carbocycles. The maximum Gasteiger partial charge on any atom is 0.133 e. The van der Waals surface area contributed by atoms with Gasteiger partial charge in [-0.2, -0.15) is 0 Å². The second kappa shape index (κ2) is 3.07. The zero-order valence-corrected chi connectivity index (χ0v) is 5.73. The summed E-state index contributed by atoms with van der Waals surface area (Å²) in [5.74, 6) is -0.175. The SMILES string of the molecule is C=C(O)C(=N)/C(C)=C/C. The number of aliphatic hydroxyl groups is 1. The van der Waals surface area contributed by atoms with E-state index in [1.54, 1.807) is 13.0 Å². The molecule has 9 heavy (non-hydrogen) atoms. The number of nitrogens with one attached hydrogen (secondary N) is 1. The van der Waals surface area contributed by atoms with Crippen molar-refractivity contribution in [3.63, 3.8) is 0 Å². The fourth-order valence-electron chi connectivity index (χ4n) is 0.372. The number of rotatable bonds is 2. The second-order valence-corrected chi connectivity index (χ2v) is 1.79. The predicted molar refractivity (Wildman–Crippen MR) is 38.9 cm³/mol. The summed E-state index contributed by atoms with van der Waals surface area (Å²) >= 11 is 0. The van der Waals surface area contributed by atoms with Gasteiger partial charge in [-0.25, -0.2) is 0 Å². The molecule has 0 aliphatic rings. The van der Waals surface area contributed by atoms with Crippen LogP contribution in [0.15, 0.2) is 24.0 Å². The fraction of sp³-hybridized carbons (Fsp3) is 0.286. The molecule has 0 bridgehead atoms. The van der Waals surface area contributed by atoms with Gasteiger partial charge in [-0.1, -0.05) is 12.7 Å². The first kappa shape index (κ1) is 7.95. The highest BCUT2D eigenvalue weighted by Crippen LogP contribution is 1.99. The van der Waals surface area contributed by atoms with E-state index in [4.69, 9.17) is 10.5 Å². The lowest BCUT2D eigenvalue weighted by molar-refractivity contribution is 0.445. The molecule has 2 N–H and O–H groups in total. The van der Waals surface area contributed by atoms with Crippen molar-refractivity contribution < 1.29 is 5.11 Å². The van der Waals surface area contributed by atoms with Crippen LogP contribution in [0.4, 0.5) is 0 Å². The molecule has 0 amide bonds. The molecular weight excluding hydrogens is 114 g/mol. The molecule has 2 nitrogen and oxygen atoms in total. The van der Waals surface area contributed by atoms with Crippen LogP contribution in [0.5, 0.6) is 0 Å². The Morgan fingerprint density at radius 1 is 1.67 bits per heavy atom. The molecular formula is C7H11NO. The Morgan fingerprint density at radius 2 is 2.11 bits per heavy atom. The zero-order chi connectivity index (χ0) is 7.44. The number of allylic oxidation sites excluding steroid dienone is 2. The first-order valence-corrected chi connectivity index (χ1v) is 2.69. The van der Waals surface area contributed by atoms with Gasteiger partial charge in [-0.05, 0) is 19.4 Å². The van der Waals surface area contributed by atoms with E-state index in [2.05, 4.69) is 6.58 Å². The molecule has 0 aliphatic heterocycles. The summed E-state index contributed by atoms with van der Waals surface area (Å²) in [6.45, 7) is 6.78. The normalized spacial score (nSPS) is 11.1. The predicted octanol–water partition coefficient (Wildman–Crippen LogP) is 2.04. The van der Waals surface area contributed by atoms with E-state index < -0.39 is 0 Å². The third-order valence-corrected chi connectivity index (χ3v) is 1.12. The monoisotopic (exact) mass is 125 g/mol. The summed E-state index contributed by atoms with van der Waals surface area (Å²) < 4.78 is 0. The lowest BCUT2D eigenvalue weighted by Gasteiger charge is -1.98. The smallest absolute Gasteiger partial charge is 0.133 e. The van der Waals surface area contributed by atoms with E-state index in [-0.39, 0.29) is 11.5 Å². The maximum absolute atomic E-state index is 8.66. The van der Waals surface area contributed by atoms with E-state index in [0.717, 1.165) is 5.57 Å². The molecule has 0 radical (unpaired) electrons. The van der Waals surface area contributed by atoms with Gasteiger partial charge in [-0.15, -0.1) is 0 Å². The summed E-state index contributed by atoms with van der Waals surface area (Å²) in [7, 11) is 0. The first-order chi connectivity index (χ1) is 4.09. The molecule has 0 spiro atoms. The summed E-state index contributed by atoms with van der Waals surface area (Å²) in [6, 6.07) is 0. The van der Waals surface area contributed by atoms with Crippen molar-refractivity contribution in [1.82, 2.24) is 0 Å². The molecule has 0 aliphatic carbocycles. The van der Waals surface area contributed by atoms with Crippen LogP contribution in [0.3, 0.4) is 0 Å². The lowest BCUT2D eigenvalue weighted by atomic mass is 10.1. The van der Waals surface area contributed by atoms with Crippen molar-refractivity contribution in [3.8, 4) is 0 Å². The quantitative estimate of drug-likeness (QED) is 0.430. The van der Waals surface area contributed by atoms with E-state index in [0.29, 0.717) is 0 Å². The Balaban J connectivity index is 4.23. The standard InChI is InChI=1S/C7H11NO/c1-4-5(2)7(8)6(3)9/h4,8-9H,3H2,1-2H3/b5-4+,8-7?. The van der Waals surface area contributed by atoms with Crippen molar-refractivity contribution in [2.75, 3.05) is 0 Å². The van der Waals surface area contributed by atoms with Gasteiger partial charge in [-0.3, -0.25) is 5.41 Å². The van der Waals surface area contributed by atoms with Crippen LogP contribution in [0, 0.1) is 5.41 Å². The molecule has 0 heterocycles. The second-order valence-electron chi connectivity index (χ2n) is 1.79. The Bertz CT molecular complexity index is 168. The van der Waals surface area contributed by atoms with Crippen LogP contribution in [-0.2, 0) is 0 Å². The average molecular weight is 125 g/mol. The van der Waals surface area contributed by atoms with Crippen LogP contribution in [0.1, 0.15) is 13.8 Å². The number of hydrogen-bond acceptors (Lipinski definition) is 2. The first-order valence-electron chi connectivity index (χ1n) is 2.69. The number of aliphatic hydroxyl groups excluding tert-OH is 1. The van der Waals surface area contributed by atoms with Gasteiger partial charge in [0.1, 0.15) is 5.76 Å². The highest BCUT2D eigenvalue weighted by molar-refractivity contribution is 6.07. The van der Waals surface area contributed by atoms with Crippen molar-refractivity contribution in [2.45, 2.75) is 13.8 Å². The van der Waals surface area contributed by atoms with E-state index in [1.807, 2.05) is 6.92 Å². The highest BCUT2D eigenvalue weighted by atomic mass is 16.3. The van der Waals surface area contributed by atoms with Crippen LogP contribution in [-0.4, -0.2) is 10.8 Å². The van der Waals surface area contributed by atoms with Crippen LogP contribution in [0.2, 0.25) is 0 Å². The van der Waals surface area contributed by atoms with Gasteiger partial charge in [0.2, 0.25) is 0 Å². The van der Waals surface area contributed by atoms with Crippen molar-refractivity contribution >= 4 is 5.71 Å². The topological polar surface area (TPSA) is 44.1 Å². The van der Waals surface area contributed by atoms with Gasteiger partial charge in [0, 0.05) is 0 Å². The van der Waals surface area contributed by atoms with Gasteiger partial charge >= 0.3 is 0 Å². The molecule has 0 saturated heterocycles. The summed E-state index contributed by atoms with van der Waals surface area (Å²) in [6.07, 6.45) is 1.75. The number of hydrogen-bond donors (Lipinski definition) is 2. The van der Waals surface area contributed by atoms with Crippen molar-refractivity contribution in [2.24, 2.45) is 0 Å². The Morgan fingerprint density at radius 3 is 2.22 bits per heavy atom.